The number of aliphatic carboxylic acids is 1. The number of rotatable bonds is 6. The second-order valence-electron chi connectivity index (χ2n) is 5.80. The Morgan fingerprint density at radius 1 is 1.31 bits per heavy atom. The van der Waals surface area contributed by atoms with Crippen LogP contribution in [0.2, 0.25) is 5.02 Å². The molecule has 0 saturated carbocycles. The maximum Gasteiger partial charge on any atom is 0.342 e. The third kappa shape index (κ3) is 5.14. The zero-order chi connectivity index (χ0) is 21.1. The molecular weight excluding hydrogens is 593 g/mol. The summed E-state index contributed by atoms with van der Waals surface area (Å²) in [6.45, 7) is 2.49. The molecule has 0 aliphatic heterocycles. The van der Waals surface area contributed by atoms with Crippen LogP contribution in [0.15, 0.2) is 50.9 Å². The molecule has 0 amide bonds. The molecule has 150 valence electrons. The van der Waals surface area contributed by atoms with E-state index in [0.29, 0.717) is 31.7 Å². The zero-order valence-electron chi connectivity index (χ0n) is 14.9. The lowest BCUT2D eigenvalue weighted by molar-refractivity contribution is -0.131. The van der Waals surface area contributed by atoms with E-state index >= 15 is 0 Å². The summed E-state index contributed by atoms with van der Waals surface area (Å²) in [6, 6.07) is 10.6. The summed E-state index contributed by atoms with van der Waals surface area (Å²) in [4.78, 5) is 11.9. The average Bonchev–Trinajstić information content (AvgIpc) is 3.08. The Balaban J connectivity index is 2.00. The highest BCUT2D eigenvalue weighted by molar-refractivity contribution is 14.1. The molecule has 3 aromatic rings. The van der Waals surface area contributed by atoms with Crippen LogP contribution in [0.5, 0.6) is 5.75 Å². The Morgan fingerprint density at radius 2 is 2.00 bits per heavy atom. The molecule has 10 heteroatoms. The fourth-order valence-corrected chi connectivity index (χ4v) is 5.09. The molecule has 0 fully saturated rings. The molecule has 1 heterocycles. The Bertz CT molecular complexity index is 1100. The Labute approximate surface area is 198 Å². The van der Waals surface area contributed by atoms with Gasteiger partial charge in [-0.05, 0) is 83.8 Å². The number of benzene rings is 2. The monoisotopic (exact) mass is 605 g/mol. The van der Waals surface area contributed by atoms with Crippen molar-refractivity contribution in [3.05, 3.63) is 59.9 Å². The summed E-state index contributed by atoms with van der Waals surface area (Å²) < 4.78 is 3.18. The molecule has 6 nitrogen and oxygen atoms in total. The summed E-state index contributed by atoms with van der Waals surface area (Å²) in [7, 11) is 0. The summed E-state index contributed by atoms with van der Waals surface area (Å²) in [5.74, 6) is -0.480. The standard InChI is InChI=1S/C19H14BrClIN3O3S/c1-2-25-17(10-3-5-13(21)6-4-10)23-24-19(25)29-15(18(27)28)8-11-7-12(20)9-14(22)16(11)26/h3-9,26H,2H2,1H3,(H,27,28)/b15-8-. The SMILES string of the molecule is CCn1c(S/C(=C\c2cc(Br)cc(I)c2O)C(=O)O)nnc1-c1ccc(Cl)cc1. The lowest BCUT2D eigenvalue weighted by Crippen LogP contribution is -2.03. The number of aromatic hydroxyl groups is 1. The van der Waals surface area contributed by atoms with Crippen LogP contribution >= 0.6 is 61.9 Å². The molecule has 0 spiro atoms. The van der Waals surface area contributed by atoms with Crippen molar-refractivity contribution in [3.63, 3.8) is 0 Å². The smallest absolute Gasteiger partial charge is 0.342 e. The number of phenols is 1. The van der Waals surface area contributed by atoms with Crippen LogP contribution in [0.4, 0.5) is 0 Å². The highest BCUT2D eigenvalue weighted by Gasteiger charge is 2.19. The van der Waals surface area contributed by atoms with Gasteiger partial charge in [-0.25, -0.2) is 4.79 Å². The van der Waals surface area contributed by atoms with Gasteiger partial charge in [0.05, 0.1) is 3.57 Å². The molecule has 0 aliphatic carbocycles. The van der Waals surface area contributed by atoms with Gasteiger partial charge in [0.15, 0.2) is 11.0 Å². The molecule has 0 atom stereocenters. The van der Waals surface area contributed by atoms with E-state index in [1.165, 1.54) is 6.08 Å². The van der Waals surface area contributed by atoms with Gasteiger partial charge >= 0.3 is 5.97 Å². The third-order valence-electron chi connectivity index (χ3n) is 3.89. The first kappa shape index (κ1) is 22.1. The fourth-order valence-electron chi connectivity index (χ4n) is 2.53. The molecular formula is C19H14BrClIN3O3S. The minimum Gasteiger partial charge on any atom is -0.506 e. The van der Waals surface area contributed by atoms with E-state index in [-0.39, 0.29) is 10.7 Å². The van der Waals surface area contributed by atoms with E-state index in [0.717, 1.165) is 21.8 Å². The van der Waals surface area contributed by atoms with Crippen molar-refractivity contribution in [2.75, 3.05) is 0 Å². The number of hydrogen-bond donors (Lipinski definition) is 2. The van der Waals surface area contributed by atoms with E-state index in [1.807, 2.05) is 46.2 Å². The van der Waals surface area contributed by atoms with Crippen molar-refractivity contribution >= 4 is 73.9 Å². The van der Waals surface area contributed by atoms with Crippen LogP contribution in [0, 0.1) is 3.57 Å². The largest absolute Gasteiger partial charge is 0.506 e. The second-order valence-corrected chi connectivity index (χ2v) is 9.32. The fraction of sp³-hybridized carbons (Fsp3) is 0.105. The molecule has 2 aromatic carbocycles. The number of carboxylic acids is 1. The number of halogens is 3. The number of carboxylic acid groups (broad SMARTS) is 1. The van der Waals surface area contributed by atoms with Crippen LogP contribution in [0.25, 0.3) is 17.5 Å². The summed E-state index contributed by atoms with van der Waals surface area (Å²) in [5.41, 5.74) is 1.23. The van der Waals surface area contributed by atoms with Gasteiger partial charge in [0, 0.05) is 27.2 Å². The summed E-state index contributed by atoms with van der Waals surface area (Å²) >= 11 is 12.3. The number of phenolic OH excluding ortho intramolecular Hbond substituents is 1. The highest BCUT2D eigenvalue weighted by atomic mass is 127. The number of hydrogen-bond acceptors (Lipinski definition) is 5. The minimum atomic E-state index is -1.12. The normalized spacial score (nSPS) is 11.7. The predicted molar refractivity (Wildman–Crippen MR) is 126 cm³/mol. The number of aromatic nitrogens is 3. The van der Waals surface area contributed by atoms with Gasteiger partial charge < -0.3 is 14.8 Å². The predicted octanol–water partition coefficient (Wildman–Crippen LogP) is 5.91. The second kappa shape index (κ2) is 9.50. The van der Waals surface area contributed by atoms with Crippen LogP contribution in [-0.4, -0.2) is 30.9 Å². The van der Waals surface area contributed by atoms with Gasteiger partial charge in [-0.1, -0.05) is 27.5 Å². The van der Waals surface area contributed by atoms with Crippen molar-refractivity contribution < 1.29 is 15.0 Å². The van der Waals surface area contributed by atoms with Crippen LogP contribution in [-0.2, 0) is 11.3 Å². The van der Waals surface area contributed by atoms with Crippen molar-refractivity contribution in [2.24, 2.45) is 0 Å². The van der Waals surface area contributed by atoms with Crippen molar-refractivity contribution in [1.82, 2.24) is 14.8 Å². The van der Waals surface area contributed by atoms with Gasteiger partial charge in [0.1, 0.15) is 10.7 Å². The first-order valence-electron chi connectivity index (χ1n) is 8.30. The van der Waals surface area contributed by atoms with E-state index in [1.54, 1.807) is 24.3 Å². The number of carbonyl (C=O) groups is 1. The number of nitrogens with zero attached hydrogens (tertiary/aromatic N) is 3. The molecule has 0 aliphatic rings. The Hall–Kier alpha value is -1.56. The molecule has 0 radical (unpaired) electrons. The Morgan fingerprint density at radius 3 is 2.62 bits per heavy atom. The van der Waals surface area contributed by atoms with Crippen LogP contribution in [0.1, 0.15) is 12.5 Å². The first-order chi connectivity index (χ1) is 13.8. The quantitative estimate of drug-likeness (QED) is 0.206. The van der Waals surface area contributed by atoms with E-state index in [2.05, 4.69) is 26.1 Å². The van der Waals surface area contributed by atoms with Gasteiger partial charge in [-0.3, -0.25) is 0 Å². The number of thioether (sulfide) groups is 1. The van der Waals surface area contributed by atoms with Crippen molar-refractivity contribution in [3.8, 4) is 17.1 Å². The molecule has 0 unspecified atom stereocenters. The first-order valence-corrected chi connectivity index (χ1v) is 11.4. The average molecular weight is 607 g/mol. The maximum atomic E-state index is 11.8. The summed E-state index contributed by atoms with van der Waals surface area (Å²) in [5, 5.41) is 29.4. The minimum absolute atomic E-state index is 0.0129. The Kier molecular flexibility index (Phi) is 7.25. The maximum absolute atomic E-state index is 11.8. The molecule has 3 rings (SSSR count). The highest BCUT2D eigenvalue weighted by Crippen LogP contribution is 2.35. The molecule has 0 saturated heterocycles. The molecule has 1 aromatic heterocycles. The van der Waals surface area contributed by atoms with Crippen molar-refractivity contribution in [1.29, 1.82) is 0 Å². The van der Waals surface area contributed by atoms with Crippen molar-refractivity contribution in [2.45, 2.75) is 18.6 Å². The van der Waals surface area contributed by atoms with Gasteiger partial charge in [-0.2, -0.15) is 0 Å². The third-order valence-corrected chi connectivity index (χ3v) is 6.42. The van der Waals surface area contributed by atoms with Crippen LogP contribution < -0.4 is 0 Å². The van der Waals surface area contributed by atoms with Gasteiger partial charge in [0.2, 0.25) is 0 Å². The summed E-state index contributed by atoms with van der Waals surface area (Å²) in [6.07, 6.45) is 1.42. The van der Waals surface area contributed by atoms with Gasteiger partial charge in [-0.15, -0.1) is 10.2 Å². The van der Waals surface area contributed by atoms with Crippen LogP contribution in [0.3, 0.4) is 0 Å². The lowest BCUT2D eigenvalue weighted by atomic mass is 10.2. The molecule has 29 heavy (non-hydrogen) atoms. The van der Waals surface area contributed by atoms with E-state index in [9.17, 15) is 15.0 Å². The lowest BCUT2D eigenvalue weighted by Gasteiger charge is -2.09. The van der Waals surface area contributed by atoms with Gasteiger partial charge in [0.25, 0.3) is 0 Å². The molecule has 2 N–H and O–H groups in total. The van der Waals surface area contributed by atoms with E-state index < -0.39 is 5.97 Å². The zero-order valence-corrected chi connectivity index (χ0v) is 20.3. The van der Waals surface area contributed by atoms with E-state index in [4.69, 9.17) is 11.6 Å². The molecule has 0 bridgehead atoms. The topological polar surface area (TPSA) is 88.2 Å².